The highest BCUT2D eigenvalue weighted by Crippen LogP contribution is 2.21. The van der Waals surface area contributed by atoms with Crippen molar-refractivity contribution in [3.63, 3.8) is 0 Å². The van der Waals surface area contributed by atoms with Crippen LogP contribution in [0.4, 0.5) is 0 Å². The SMILES string of the molecule is C#CCC(C)c1ccc(OCc2ccccc2)cc1. The molecule has 19 heavy (non-hydrogen) atoms. The smallest absolute Gasteiger partial charge is 0.119 e. The summed E-state index contributed by atoms with van der Waals surface area (Å²) in [4.78, 5) is 0. The molecule has 0 aromatic heterocycles. The fourth-order valence-electron chi connectivity index (χ4n) is 1.93. The van der Waals surface area contributed by atoms with Gasteiger partial charge in [0, 0.05) is 6.42 Å². The average Bonchev–Trinajstić information content (AvgIpc) is 2.47. The first kappa shape index (κ1) is 13.2. The van der Waals surface area contributed by atoms with Crippen LogP contribution >= 0.6 is 0 Å². The third-order valence-corrected chi connectivity index (χ3v) is 3.12. The number of hydrogen-bond donors (Lipinski definition) is 0. The molecule has 1 atom stereocenters. The van der Waals surface area contributed by atoms with E-state index in [1.807, 2.05) is 30.3 Å². The lowest BCUT2D eigenvalue weighted by molar-refractivity contribution is 0.306. The van der Waals surface area contributed by atoms with Crippen LogP contribution in [0.5, 0.6) is 5.75 Å². The molecule has 0 saturated carbocycles. The van der Waals surface area contributed by atoms with Crippen LogP contribution in [-0.2, 0) is 6.61 Å². The molecule has 2 aromatic rings. The Hall–Kier alpha value is -2.20. The van der Waals surface area contributed by atoms with Crippen LogP contribution < -0.4 is 4.74 Å². The van der Waals surface area contributed by atoms with Crippen molar-refractivity contribution in [2.45, 2.75) is 25.9 Å². The van der Waals surface area contributed by atoms with Crippen LogP contribution in [0.25, 0.3) is 0 Å². The van der Waals surface area contributed by atoms with Gasteiger partial charge in [-0.1, -0.05) is 49.4 Å². The van der Waals surface area contributed by atoms with Crippen molar-refractivity contribution in [3.05, 3.63) is 65.7 Å². The van der Waals surface area contributed by atoms with Crippen LogP contribution in [0.15, 0.2) is 54.6 Å². The zero-order chi connectivity index (χ0) is 13.5. The van der Waals surface area contributed by atoms with E-state index in [1.54, 1.807) is 0 Å². The van der Waals surface area contributed by atoms with Crippen LogP contribution in [-0.4, -0.2) is 0 Å². The molecule has 1 heteroatoms. The Balaban J connectivity index is 1.94. The number of hydrogen-bond acceptors (Lipinski definition) is 1. The molecule has 2 aromatic carbocycles. The first-order valence-corrected chi connectivity index (χ1v) is 6.49. The molecule has 1 unspecified atom stereocenters. The second-order valence-corrected chi connectivity index (χ2v) is 4.65. The summed E-state index contributed by atoms with van der Waals surface area (Å²) in [7, 11) is 0. The van der Waals surface area contributed by atoms with Crippen molar-refractivity contribution in [2.24, 2.45) is 0 Å². The van der Waals surface area contributed by atoms with Gasteiger partial charge < -0.3 is 4.74 Å². The number of rotatable bonds is 5. The quantitative estimate of drug-likeness (QED) is 0.715. The van der Waals surface area contributed by atoms with E-state index in [-0.39, 0.29) is 0 Å². The van der Waals surface area contributed by atoms with Gasteiger partial charge in [0.1, 0.15) is 12.4 Å². The molecule has 0 aliphatic heterocycles. The molecule has 1 nitrogen and oxygen atoms in total. The normalized spacial score (nSPS) is 11.6. The predicted octanol–water partition coefficient (Wildman–Crippen LogP) is 4.39. The van der Waals surface area contributed by atoms with Crippen molar-refractivity contribution in [1.82, 2.24) is 0 Å². The summed E-state index contributed by atoms with van der Waals surface area (Å²) in [5.41, 5.74) is 2.43. The molecule has 0 radical (unpaired) electrons. The van der Waals surface area contributed by atoms with E-state index in [4.69, 9.17) is 11.2 Å². The minimum absolute atomic E-state index is 0.396. The highest BCUT2D eigenvalue weighted by Gasteiger charge is 2.03. The van der Waals surface area contributed by atoms with Crippen LogP contribution in [0.2, 0.25) is 0 Å². The fraction of sp³-hybridized carbons (Fsp3) is 0.222. The molecule has 0 bridgehead atoms. The Morgan fingerprint density at radius 3 is 2.37 bits per heavy atom. The van der Waals surface area contributed by atoms with Gasteiger partial charge in [-0.3, -0.25) is 0 Å². The van der Waals surface area contributed by atoms with Gasteiger partial charge in [0.05, 0.1) is 0 Å². The maximum absolute atomic E-state index is 5.75. The molecule has 0 aliphatic carbocycles. The molecule has 0 N–H and O–H groups in total. The second kappa shape index (κ2) is 6.66. The Bertz CT molecular complexity index is 534. The zero-order valence-corrected chi connectivity index (χ0v) is 11.2. The van der Waals surface area contributed by atoms with Crippen molar-refractivity contribution >= 4 is 0 Å². The van der Waals surface area contributed by atoms with Crippen molar-refractivity contribution < 1.29 is 4.74 Å². The third kappa shape index (κ3) is 3.89. The summed E-state index contributed by atoms with van der Waals surface area (Å²) in [6.45, 7) is 2.74. The standard InChI is InChI=1S/C18H18O/c1-3-7-15(2)17-10-12-18(13-11-17)19-14-16-8-5-4-6-9-16/h1,4-6,8-13,15H,7,14H2,2H3. The lowest BCUT2D eigenvalue weighted by Crippen LogP contribution is -1.96. The summed E-state index contributed by atoms with van der Waals surface area (Å²) in [6, 6.07) is 18.3. The van der Waals surface area contributed by atoms with Gasteiger partial charge in [0.2, 0.25) is 0 Å². The molecule has 0 spiro atoms. The van der Waals surface area contributed by atoms with Crippen molar-refractivity contribution in [3.8, 4) is 18.1 Å². The largest absolute Gasteiger partial charge is 0.489 e. The van der Waals surface area contributed by atoms with Gasteiger partial charge >= 0.3 is 0 Å². The van der Waals surface area contributed by atoms with Gasteiger partial charge in [-0.25, -0.2) is 0 Å². The van der Waals surface area contributed by atoms with Crippen molar-refractivity contribution in [1.29, 1.82) is 0 Å². The zero-order valence-electron chi connectivity index (χ0n) is 11.2. The molecule has 0 saturated heterocycles. The van der Waals surface area contributed by atoms with Crippen LogP contribution in [0.1, 0.15) is 30.4 Å². The van der Waals surface area contributed by atoms with E-state index in [0.717, 1.165) is 12.2 Å². The summed E-state index contributed by atoms with van der Waals surface area (Å²) < 4.78 is 5.75. The average molecular weight is 250 g/mol. The van der Waals surface area contributed by atoms with Gasteiger partial charge in [-0.15, -0.1) is 12.3 Å². The first-order chi connectivity index (χ1) is 9.29. The van der Waals surface area contributed by atoms with Gasteiger partial charge in [0.15, 0.2) is 0 Å². The number of ether oxygens (including phenoxy) is 1. The summed E-state index contributed by atoms with van der Waals surface area (Å²) in [5, 5.41) is 0. The van der Waals surface area contributed by atoms with E-state index in [1.165, 1.54) is 11.1 Å². The maximum atomic E-state index is 5.75. The van der Waals surface area contributed by atoms with Crippen molar-refractivity contribution in [2.75, 3.05) is 0 Å². The highest BCUT2D eigenvalue weighted by atomic mass is 16.5. The molecule has 0 aliphatic rings. The fourth-order valence-corrected chi connectivity index (χ4v) is 1.93. The van der Waals surface area contributed by atoms with E-state index >= 15 is 0 Å². The topological polar surface area (TPSA) is 9.23 Å². The number of terminal acetylenes is 1. The molecule has 0 fully saturated rings. The van der Waals surface area contributed by atoms with Gasteiger partial charge in [-0.05, 0) is 29.2 Å². The Kier molecular flexibility index (Phi) is 4.64. The minimum Gasteiger partial charge on any atom is -0.489 e. The molecule has 96 valence electrons. The second-order valence-electron chi connectivity index (χ2n) is 4.65. The van der Waals surface area contributed by atoms with E-state index < -0.39 is 0 Å². The van der Waals surface area contributed by atoms with Crippen LogP contribution in [0, 0.1) is 12.3 Å². The Morgan fingerprint density at radius 1 is 1.05 bits per heavy atom. The summed E-state index contributed by atoms with van der Waals surface area (Å²) in [6.07, 6.45) is 6.10. The molecular formula is C18H18O. The summed E-state index contributed by atoms with van der Waals surface area (Å²) in [5.74, 6) is 3.98. The minimum atomic E-state index is 0.396. The number of benzene rings is 2. The first-order valence-electron chi connectivity index (χ1n) is 6.49. The molecule has 0 amide bonds. The predicted molar refractivity (Wildman–Crippen MR) is 79.1 cm³/mol. The third-order valence-electron chi connectivity index (χ3n) is 3.12. The van der Waals surface area contributed by atoms with E-state index in [9.17, 15) is 0 Å². The maximum Gasteiger partial charge on any atom is 0.119 e. The Labute approximate surface area is 115 Å². The highest BCUT2D eigenvalue weighted by molar-refractivity contribution is 5.30. The monoisotopic (exact) mass is 250 g/mol. The van der Waals surface area contributed by atoms with E-state index in [0.29, 0.717) is 12.5 Å². The van der Waals surface area contributed by atoms with Crippen LogP contribution in [0.3, 0.4) is 0 Å². The lowest BCUT2D eigenvalue weighted by Gasteiger charge is -2.10. The molecule has 0 heterocycles. The lowest BCUT2D eigenvalue weighted by atomic mass is 9.98. The summed E-state index contributed by atoms with van der Waals surface area (Å²) >= 11 is 0. The van der Waals surface area contributed by atoms with Gasteiger partial charge in [-0.2, -0.15) is 0 Å². The molecule has 2 rings (SSSR count). The van der Waals surface area contributed by atoms with Gasteiger partial charge in [0.25, 0.3) is 0 Å². The Morgan fingerprint density at radius 2 is 1.74 bits per heavy atom. The van der Waals surface area contributed by atoms with E-state index in [2.05, 4.69) is 37.1 Å². The molecular weight excluding hydrogens is 232 g/mol.